The highest BCUT2D eigenvalue weighted by Crippen LogP contribution is 2.35. The quantitative estimate of drug-likeness (QED) is 0.626. The number of aryl methyl sites for hydroxylation is 1. The van der Waals surface area contributed by atoms with Gasteiger partial charge in [0, 0.05) is 29.9 Å². The molecule has 0 unspecified atom stereocenters. The van der Waals surface area contributed by atoms with Crippen molar-refractivity contribution in [2.24, 2.45) is 13.0 Å². The Kier molecular flexibility index (Phi) is 5.03. The van der Waals surface area contributed by atoms with Gasteiger partial charge in [0.05, 0.1) is 12.8 Å². The molecular weight excluding hydrogens is 360 g/mol. The average molecular weight is 382 g/mol. The molecule has 7 heteroatoms. The predicted molar refractivity (Wildman–Crippen MR) is 110 cm³/mol. The van der Waals surface area contributed by atoms with Crippen LogP contribution in [0.15, 0.2) is 41.5 Å². The number of nitrogens with one attached hydrogen (secondary N) is 1. The first-order valence-electron chi connectivity index (χ1n) is 9.13. The van der Waals surface area contributed by atoms with Crippen LogP contribution in [0.2, 0.25) is 0 Å². The van der Waals surface area contributed by atoms with Crippen LogP contribution in [0.4, 0.5) is 5.95 Å². The van der Waals surface area contributed by atoms with Crippen molar-refractivity contribution in [1.82, 2.24) is 14.5 Å². The molecule has 2 aromatic heterocycles. The smallest absolute Gasteiger partial charge is 0.258 e. The summed E-state index contributed by atoms with van der Waals surface area (Å²) in [7, 11) is 1.76. The lowest BCUT2D eigenvalue weighted by Crippen LogP contribution is -2.17. The van der Waals surface area contributed by atoms with Crippen molar-refractivity contribution < 1.29 is 4.74 Å². The summed E-state index contributed by atoms with van der Waals surface area (Å²) in [6.45, 7) is 2.74. The van der Waals surface area contributed by atoms with E-state index in [1.165, 1.54) is 24.8 Å². The lowest BCUT2D eigenvalue weighted by molar-refractivity contribution is 0.299. The van der Waals surface area contributed by atoms with Crippen LogP contribution in [-0.4, -0.2) is 26.9 Å². The number of nitrogens with zero attached hydrogens (tertiary/aromatic N) is 3. The van der Waals surface area contributed by atoms with Crippen LogP contribution in [0.5, 0.6) is 5.75 Å². The van der Waals surface area contributed by atoms with Gasteiger partial charge < -0.3 is 9.30 Å². The zero-order chi connectivity index (χ0) is 18.8. The largest absolute Gasteiger partial charge is 0.489 e. The topological polar surface area (TPSA) is 69.0 Å². The first-order valence-corrected chi connectivity index (χ1v) is 10.1. The standard InChI is InChI=1S/C20H22N4O2S/c1-3-27-23-20-21-10-17(26-12-13-8-9-13)18(22-20)16-11-24(2)19(25)15-7-5-4-6-14(15)16/h4-7,10-11,13H,3,8-9,12H2,1-2H3,(H,21,22,23). The number of rotatable bonds is 7. The van der Waals surface area contributed by atoms with Gasteiger partial charge >= 0.3 is 0 Å². The summed E-state index contributed by atoms with van der Waals surface area (Å²) in [5.41, 5.74) is 1.55. The van der Waals surface area contributed by atoms with Crippen molar-refractivity contribution >= 4 is 28.7 Å². The van der Waals surface area contributed by atoms with Crippen LogP contribution in [0.25, 0.3) is 22.0 Å². The van der Waals surface area contributed by atoms with Crippen LogP contribution >= 0.6 is 11.9 Å². The summed E-state index contributed by atoms with van der Waals surface area (Å²) in [5.74, 6) is 2.72. The van der Waals surface area contributed by atoms with E-state index in [2.05, 4.69) is 16.6 Å². The molecule has 1 fully saturated rings. The monoisotopic (exact) mass is 382 g/mol. The zero-order valence-electron chi connectivity index (χ0n) is 15.4. The minimum Gasteiger partial charge on any atom is -0.489 e. The fourth-order valence-electron chi connectivity index (χ4n) is 2.95. The van der Waals surface area contributed by atoms with Gasteiger partial charge in [-0.05, 0) is 30.2 Å². The molecule has 1 aliphatic rings. The highest BCUT2D eigenvalue weighted by atomic mass is 32.2. The van der Waals surface area contributed by atoms with Gasteiger partial charge in [0.25, 0.3) is 5.56 Å². The number of aromatic nitrogens is 3. The normalized spacial score (nSPS) is 13.7. The molecule has 140 valence electrons. The number of hydrogen-bond acceptors (Lipinski definition) is 6. The molecule has 0 aliphatic heterocycles. The van der Waals surface area contributed by atoms with E-state index in [4.69, 9.17) is 9.72 Å². The van der Waals surface area contributed by atoms with E-state index in [0.29, 0.717) is 35.3 Å². The number of anilines is 1. The molecule has 1 N–H and O–H groups in total. The van der Waals surface area contributed by atoms with E-state index >= 15 is 0 Å². The number of hydrogen-bond donors (Lipinski definition) is 1. The maximum atomic E-state index is 12.5. The number of fused-ring (bicyclic) bond motifs is 1. The number of pyridine rings is 1. The van der Waals surface area contributed by atoms with E-state index in [1.807, 2.05) is 30.5 Å². The second-order valence-corrected chi connectivity index (χ2v) is 7.77. The van der Waals surface area contributed by atoms with Crippen molar-refractivity contribution in [1.29, 1.82) is 0 Å². The molecule has 1 aromatic carbocycles. The van der Waals surface area contributed by atoms with E-state index in [1.54, 1.807) is 17.8 Å². The molecule has 0 atom stereocenters. The third-order valence-corrected chi connectivity index (χ3v) is 5.20. The molecule has 0 bridgehead atoms. The molecule has 1 saturated carbocycles. The van der Waals surface area contributed by atoms with Gasteiger partial charge in [-0.15, -0.1) is 0 Å². The van der Waals surface area contributed by atoms with Gasteiger partial charge in [0.15, 0.2) is 5.75 Å². The molecule has 6 nitrogen and oxygen atoms in total. The summed E-state index contributed by atoms with van der Waals surface area (Å²) in [4.78, 5) is 21.6. The molecular formula is C20H22N4O2S. The minimum absolute atomic E-state index is 0.0243. The van der Waals surface area contributed by atoms with Crippen LogP contribution in [0.1, 0.15) is 19.8 Å². The Morgan fingerprint density at radius 3 is 2.81 bits per heavy atom. The molecule has 0 spiro atoms. The van der Waals surface area contributed by atoms with Crippen molar-refractivity contribution in [3.63, 3.8) is 0 Å². The lowest BCUT2D eigenvalue weighted by Gasteiger charge is -2.14. The van der Waals surface area contributed by atoms with E-state index in [-0.39, 0.29) is 5.56 Å². The van der Waals surface area contributed by atoms with Crippen LogP contribution in [0, 0.1) is 5.92 Å². The summed E-state index contributed by atoms with van der Waals surface area (Å²) >= 11 is 1.54. The second-order valence-electron chi connectivity index (χ2n) is 6.70. The SMILES string of the molecule is CCSNc1ncc(OCC2CC2)c(-c2cn(C)c(=O)c3ccccc23)n1. The van der Waals surface area contributed by atoms with Gasteiger partial charge in [-0.3, -0.25) is 9.52 Å². The number of benzene rings is 1. The first-order chi connectivity index (χ1) is 13.2. The molecule has 2 heterocycles. The van der Waals surface area contributed by atoms with Crippen molar-refractivity contribution in [3.8, 4) is 17.0 Å². The van der Waals surface area contributed by atoms with Crippen LogP contribution in [0.3, 0.4) is 0 Å². The lowest BCUT2D eigenvalue weighted by atomic mass is 10.0. The van der Waals surface area contributed by atoms with Crippen LogP contribution in [-0.2, 0) is 7.05 Å². The molecule has 27 heavy (non-hydrogen) atoms. The van der Waals surface area contributed by atoms with Gasteiger partial charge in [0.2, 0.25) is 5.95 Å². The predicted octanol–water partition coefficient (Wildman–Crippen LogP) is 3.86. The van der Waals surface area contributed by atoms with Crippen molar-refractivity contribution in [2.45, 2.75) is 19.8 Å². The summed E-state index contributed by atoms with van der Waals surface area (Å²) in [5, 5.41) is 1.53. The van der Waals surface area contributed by atoms with E-state index in [0.717, 1.165) is 16.7 Å². The zero-order valence-corrected chi connectivity index (χ0v) is 16.3. The van der Waals surface area contributed by atoms with E-state index < -0.39 is 0 Å². The van der Waals surface area contributed by atoms with Gasteiger partial charge in [-0.2, -0.15) is 0 Å². The Morgan fingerprint density at radius 1 is 1.30 bits per heavy atom. The van der Waals surface area contributed by atoms with Gasteiger partial charge in [-0.1, -0.05) is 37.1 Å². The third kappa shape index (κ3) is 3.78. The molecule has 0 amide bonds. The Bertz CT molecular complexity index is 1030. The second kappa shape index (κ2) is 7.60. The minimum atomic E-state index is -0.0243. The van der Waals surface area contributed by atoms with Gasteiger partial charge in [-0.25, -0.2) is 9.97 Å². The fraction of sp³-hybridized carbons (Fsp3) is 0.350. The fourth-order valence-corrected chi connectivity index (χ4v) is 3.32. The van der Waals surface area contributed by atoms with Gasteiger partial charge in [0.1, 0.15) is 5.69 Å². The Labute approximate surface area is 162 Å². The maximum Gasteiger partial charge on any atom is 0.258 e. The van der Waals surface area contributed by atoms with Crippen LogP contribution < -0.4 is 15.0 Å². The molecule has 1 aliphatic carbocycles. The summed E-state index contributed by atoms with van der Waals surface area (Å²) in [6.07, 6.45) is 5.98. The highest BCUT2D eigenvalue weighted by molar-refractivity contribution is 8.00. The summed E-state index contributed by atoms with van der Waals surface area (Å²) in [6, 6.07) is 7.61. The highest BCUT2D eigenvalue weighted by Gasteiger charge is 2.23. The summed E-state index contributed by atoms with van der Waals surface area (Å²) < 4.78 is 10.8. The van der Waals surface area contributed by atoms with E-state index in [9.17, 15) is 4.79 Å². The molecule has 3 aromatic rings. The molecule has 0 radical (unpaired) electrons. The first kappa shape index (κ1) is 17.9. The maximum absolute atomic E-state index is 12.5. The molecule has 0 saturated heterocycles. The third-order valence-electron chi connectivity index (χ3n) is 4.58. The average Bonchev–Trinajstić information content (AvgIpc) is 3.52. The van der Waals surface area contributed by atoms with Crippen molar-refractivity contribution in [3.05, 3.63) is 47.0 Å². The molecule has 4 rings (SSSR count). The number of ether oxygens (including phenoxy) is 1. The Hall–Kier alpha value is -2.54. The Morgan fingerprint density at radius 2 is 2.07 bits per heavy atom. The Balaban J connectivity index is 1.86. The van der Waals surface area contributed by atoms with Crippen molar-refractivity contribution in [2.75, 3.05) is 17.1 Å².